The summed E-state index contributed by atoms with van der Waals surface area (Å²) >= 11 is 0. The first-order chi connectivity index (χ1) is 15.4. The Morgan fingerprint density at radius 1 is 0.970 bits per heavy atom. The van der Waals surface area contributed by atoms with Crippen molar-refractivity contribution in [1.82, 2.24) is 9.62 Å². The minimum absolute atomic E-state index is 0.0734. The number of carbonyl (C=O) groups is 2. The Morgan fingerprint density at radius 3 is 2.12 bits per heavy atom. The molecule has 0 radical (unpaired) electrons. The molecule has 0 bridgehead atoms. The fourth-order valence-corrected chi connectivity index (χ4v) is 5.95. The second-order valence-corrected chi connectivity index (χ2v) is 12.3. The number of nitrogens with one attached hydrogen (secondary N) is 1. The molecule has 8 nitrogen and oxygen atoms in total. The van der Waals surface area contributed by atoms with Crippen LogP contribution in [-0.4, -0.2) is 52.2 Å². The summed E-state index contributed by atoms with van der Waals surface area (Å²) in [4.78, 5) is 24.6. The predicted molar refractivity (Wildman–Crippen MR) is 124 cm³/mol. The molecule has 2 aromatic rings. The second-order valence-electron chi connectivity index (χ2n) is 8.33. The topological polar surface area (TPSA) is 118 Å². The number of nitrogens with zero attached hydrogens (tertiary/aromatic N) is 1. The number of hydrogen-bond donors (Lipinski definition) is 1. The molecule has 1 aliphatic heterocycles. The number of Topliss-reactive ketones (excluding diaryl/α,β-unsaturated/α-hetero) is 1. The summed E-state index contributed by atoms with van der Waals surface area (Å²) in [5.74, 6) is -0.689. The first-order valence-electron chi connectivity index (χ1n) is 10.6. The van der Waals surface area contributed by atoms with E-state index in [0.29, 0.717) is 18.4 Å². The largest absolute Gasteiger partial charge is 0.349 e. The van der Waals surface area contributed by atoms with E-state index in [1.165, 1.54) is 35.5 Å². The molecule has 1 saturated heterocycles. The van der Waals surface area contributed by atoms with Crippen LogP contribution in [0.1, 0.15) is 48.7 Å². The monoisotopic (exact) mass is 492 g/mol. The first kappa shape index (κ1) is 25.1. The minimum Gasteiger partial charge on any atom is -0.349 e. The maximum Gasteiger partial charge on any atom is 0.243 e. The lowest BCUT2D eigenvalue weighted by Gasteiger charge is -2.31. The molecule has 1 amide bonds. The summed E-state index contributed by atoms with van der Waals surface area (Å²) in [6.45, 7) is 3.62. The maximum atomic E-state index is 13.0. The molecule has 0 spiro atoms. The highest BCUT2D eigenvalue weighted by molar-refractivity contribution is 7.90. The van der Waals surface area contributed by atoms with Crippen molar-refractivity contribution in [2.75, 3.05) is 19.3 Å². The third kappa shape index (κ3) is 5.87. The van der Waals surface area contributed by atoms with Gasteiger partial charge in [0.15, 0.2) is 15.6 Å². The average Bonchev–Trinajstić information content (AvgIpc) is 2.78. The minimum atomic E-state index is -3.75. The summed E-state index contributed by atoms with van der Waals surface area (Å²) in [6.07, 6.45) is 1.91. The van der Waals surface area contributed by atoms with Gasteiger partial charge in [-0.1, -0.05) is 24.3 Å². The molecule has 33 heavy (non-hydrogen) atoms. The summed E-state index contributed by atoms with van der Waals surface area (Å²) < 4.78 is 50.5. The third-order valence-corrected chi connectivity index (χ3v) is 8.89. The molecule has 3 rings (SSSR count). The van der Waals surface area contributed by atoms with Gasteiger partial charge in [0.1, 0.15) is 0 Å². The van der Waals surface area contributed by atoms with Gasteiger partial charge in [-0.2, -0.15) is 4.31 Å². The van der Waals surface area contributed by atoms with E-state index in [1.54, 1.807) is 24.3 Å². The van der Waals surface area contributed by atoms with Crippen LogP contribution in [0, 0.1) is 5.92 Å². The molecule has 1 heterocycles. The molecular weight excluding hydrogens is 464 g/mol. The van der Waals surface area contributed by atoms with Gasteiger partial charge in [0, 0.05) is 30.8 Å². The van der Waals surface area contributed by atoms with Crippen molar-refractivity contribution >= 4 is 31.6 Å². The van der Waals surface area contributed by atoms with Crippen LogP contribution in [0.3, 0.4) is 0 Å². The van der Waals surface area contributed by atoms with Crippen LogP contribution in [0.25, 0.3) is 0 Å². The van der Waals surface area contributed by atoms with Crippen LogP contribution in [0.2, 0.25) is 0 Å². The fourth-order valence-electron chi connectivity index (χ4n) is 3.80. The molecule has 0 unspecified atom stereocenters. The Hall–Kier alpha value is -2.56. The fraction of sp³-hybridized carbons (Fsp3) is 0.391. The van der Waals surface area contributed by atoms with Crippen molar-refractivity contribution in [3.05, 3.63) is 59.7 Å². The number of sulfone groups is 1. The van der Waals surface area contributed by atoms with Crippen molar-refractivity contribution in [2.24, 2.45) is 5.92 Å². The Morgan fingerprint density at radius 2 is 1.58 bits per heavy atom. The molecule has 0 aromatic heterocycles. The summed E-state index contributed by atoms with van der Waals surface area (Å²) in [5, 5.41) is 2.94. The van der Waals surface area contributed by atoms with Crippen LogP contribution < -0.4 is 5.32 Å². The van der Waals surface area contributed by atoms with Crippen LogP contribution >= 0.6 is 0 Å². The molecule has 0 saturated carbocycles. The smallest absolute Gasteiger partial charge is 0.243 e. The van der Waals surface area contributed by atoms with E-state index < -0.39 is 19.9 Å². The van der Waals surface area contributed by atoms with E-state index in [-0.39, 0.29) is 46.5 Å². The lowest BCUT2D eigenvalue weighted by atomic mass is 9.96. The highest BCUT2D eigenvalue weighted by atomic mass is 32.2. The zero-order valence-electron chi connectivity index (χ0n) is 18.8. The quantitative estimate of drug-likeness (QED) is 0.594. The van der Waals surface area contributed by atoms with E-state index in [1.807, 2.05) is 6.92 Å². The molecule has 0 aliphatic carbocycles. The van der Waals surface area contributed by atoms with E-state index in [4.69, 9.17) is 0 Å². The molecule has 2 aromatic carbocycles. The number of ketones is 1. The van der Waals surface area contributed by atoms with Crippen molar-refractivity contribution in [3.8, 4) is 0 Å². The zero-order chi connectivity index (χ0) is 24.4. The number of sulfonamides is 1. The van der Waals surface area contributed by atoms with Crippen molar-refractivity contribution in [1.29, 1.82) is 0 Å². The van der Waals surface area contributed by atoms with Crippen LogP contribution in [0.15, 0.2) is 58.3 Å². The number of carbonyl (C=O) groups excluding carboxylic acids is 2. The van der Waals surface area contributed by atoms with Crippen molar-refractivity contribution < 1.29 is 26.4 Å². The van der Waals surface area contributed by atoms with Crippen molar-refractivity contribution in [2.45, 2.75) is 42.5 Å². The van der Waals surface area contributed by atoms with Gasteiger partial charge in [-0.15, -0.1) is 0 Å². The molecule has 10 heteroatoms. The summed E-state index contributed by atoms with van der Waals surface area (Å²) in [5.41, 5.74) is 1.12. The number of benzene rings is 2. The normalized spacial score (nSPS) is 16.8. The number of rotatable bonds is 7. The second kappa shape index (κ2) is 9.74. The molecule has 1 fully saturated rings. The molecule has 178 valence electrons. The predicted octanol–water partition coefficient (Wildman–Crippen LogP) is 2.57. The highest BCUT2D eigenvalue weighted by Crippen LogP contribution is 2.25. The van der Waals surface area contributed by atoms with Gasteiger partial charge in [-0.05, 0) is 56.5 Å². The van der Waals surface area contributed by atoms with E-state index in [2.05, 4.69) is 5.32 Å². The highest BCUT2D eigenvalue weighted by Gasteiger charge is 2.32. The van der Waals surface area contributed by atoms with E-state index in [0.717, 1.165) is 11.8 Å². The van der Waals surface area contributed by atoms with E-state index in [9.17, 15) is 26.4 Å². The summed E-state index contributed by atoms with van der Waals surface area (Å²) in [6, 6.07) is 12.0. The first-order valence-corrected chi connectivity index (χ1v) is 13.9. The SMILES string of the molecule is CC(=O)c1cccc(S(=O)(=O)N2CCC(C(=O)N[C@@H](C)c3ccc(S(C)(=O)=O)cc3)CC2)c1. The lowest BCUT2D eigenvalue weighted by molar-refractivity contribution is -0.126. The Labute approximate surface area is 195 Å². The van der Waals surface area contributed by atoms with Gasteiger partial charge in [-0.3, -0.25) is 9.59 Å². The zero-order valence-corrected chi connectivity index (χ0v) is 20.4. The Balaban J connectivity index is 1.60. The number of piperidine rings is 1. The van der Waals surface area contributed by atoms with Crippen LogP contribution in [-0.2, 0) is 24.7 Å². The van der Waals surface area contributed by atoms with Gasteiger partial charge in [0.05, 0.1) is 15.8 Å². The lowest BCUT2D eigenvalue weighted by Crippen LogP contribution is -2.43. The van der Waals surface area contributed by atoms with Gasteiger partial charge >= 0.3 is 0 Å². The molecule has 1 N–H and O–H groups in total. The van der Waals surface area contributed by atoms with Crippen LogP contribution in [0.5, 0.6) is 0 Å². The van der Waals surface area contributed by atoms with E-state index >= 15 is 0 Å². The Kier molecular flexibility index (Phi) is 7.40. The van der Waals surface area contributed by atoms with Gasteiger partial charge in [-0.25, -0.2) is 16.8 Å². The average molecular weight is 493 g/mol. The standard InChI is InChI=1S/C23H28N2O6S2/c1-16(18-7-9-21(10-8-18)32(3,28)29)24-23(27)19-11-13-25(14-12-19)33(30,31)22-6-4-5-20(15-22)17(2)26/h4-10,15-16,19H,11-14H2,1-3H3,(H,24,27)/t16-/m0/s1. The molecular formula is C23H28N2O6S2. The van der Waals surface area contributed by atoms with Gasteiger partial charge in [0.2, 0.25) is 15.9 Å². The Bertz CT molecular complexity index is 1250. The number of amides is 1. The summed E-state index contributed by atoms with van der Waals surface area (Å²) in [7, 11) is -7.04. The maximum absolute atomic E-state index is 13.0. The van der Waals surface area contributed by atoms with Crippen LogP contribution in [0.4, 0.5) is 0 Å². The van der Waals surface area contributed by atoms with Gasteiger partial charge in [0.25, 0.3) is 0 Å². The third-order valence-electron chi connectivity index (χ3n) is 5.87. The van der Waals surface area contributed by atoms with Gasteiger partial charge < -0.3 is 5.32 Å². The molecule has 1 aliphatic rings. The van der Waals surface area contributed by atoms with Crippen molar-refractivity contribution in [3.63, 3.8) is 0 Å². The number of hydrogen-bond acceptors (Lipinski definition) is 6. The molecule has 1 atom stereocenters.